The highest BCUT2D eigenvalue weighted by molar-refractivity contribution is 6.35. The number of halogens is 2. The Hall–Kier alpha value is -0.930. The van der Waals surface area contributed by atoms with E-state index in [0.29, 0.717) is 22.6 Å². The number of carbonyl (C=O) groups excluding carboxylic acids is 1. The second-order valence-corrected chi connectivity index (χ2v) is 5.68. The van der Waals surface area contributed by atoms with Gasteiger partial charge >= 0.3 is 6.03 Å². The highest BCUT2D eigenvalue weighted by Crippen LogP contribution is 2.26. The Bertz CT molecular complexity index is 445. The smallest absolute Gasteiger partial charge is 0.315 e. The molecule has 0 spiro atoms. The quantitative estimate of drug-likeness (QED) is 0.876. The van der Waals surface area contributed by atoms with Gasteiger partial charge in [0.1, 0.15) is 0 Å². The number of hydrogen-bond donors (Lipinski definition) is 2. The third kappa shape index (κ3) is 3.53. The van der Waals surface area contributed by atoms with Gasteiger partial charge in [-0.15, -0.1) is 0 Å². The molecule has 18 heavy (non-hydrogen) atoms. The van der Waals surface area contributed by atoms with Gasteiger partial charge < -0.3 is 10.6 Å². The van der Waals surface area contributed by atoms with E-state index < -0.39 is 0 Å². The highest BCUT2D eigenvalue weighted by atomic mass is 35.5. The van der Waals surface area contributed by atoms with Crippen molar-refractivity contribution in [1.82, 2.24) is 10.6 Å². The van der Waals surface area contributed by atoms with Crippen molar-refractivity contribution < 1.29 is 4.79 Å². The molecular formula is C13H16Cl2N2O. The lowest BCUT2D eigenvalue weighted by atomic mass is 9.82. The van der Waals surface area contributed by atoms with Gasteiger partial charge in [0.2, 0.25) is 0 Å². The number of carbonyl (C=O) groups is 1. The van der Waals surface area contributed by atoms with E-state index in [-0.39, 0.29) is 6.03 Å². The van der Waals surface area contributed by atoms with Crippen LogP contribution in [0.1, 0.15) is 25.3 Å². The predicted octanol–water partition coefficient (Wildman–Crippen LogP) is 3.59. The van der Waals surface area contributed by atoms with Crippen molar-refractivity contribution >= 4 is 29.2 Å². The Kier molecular flexibility index (Phi) is 4.36. The minimum Gasteiger partial charge on any atom is -0.335 e. The van der Waals surface area contributed by atoms with E-state index in [1.807, 2.05) is 6.07 Å². The van der Waals surface area contributed by atoms with Gasteiger partial charge in [-0.3, -0.25) is 0 Å². The van der Waals surface area contributed by atoms with Gasteiger partial charge in [-0.05, 0) is 36.5 Å². The fourth-order valence-electron chi connectivity index (χ4n) is 2.10. The van der Waals surface area contributed by atoms with Gasteiger partial charge in [0.05, 0.1) is 0 Å². The molecule has 1 fully saturated rings. The fraction of sp³-hybridized carbons (Fsp3) is 0.462. The topological polar surface area (TPSA) is 41.1 Å². The molecule has 0 saturated heterocycles. The van der Waals surface area contributed by atoms with Crippen LogP contribution in [0.15, 0.2) is 18.2 Å². The van der Waals surface area contributed by atoms with Crippen molar-refractivity contribution in [3.8, 4) is 0 Å². The Balaban J connectivity index is 1.78. The van der Waals surface area contributed by atoms with E-state index >= 15 is 0 Å². The average molecular weight is 287 g/mol. The Morgan fingerprint density at radius 2 is 2.11 bits per heavy atom. The molecule has 0 bridgehead atoms. The molecule has 1 aliphatic carbocycles. The van der Waals surface area contributed by atoms with E-state index in [0.717, 1.165) is 24.3 Å². The van der Waals surface area contributed by atoms with Crippen molar-refractivity contribution in [2.75, 3.05) is 0 Å². The molecule has 1 aromatic carbocycles. The second-order valence-electron chi connectivity index (χ2n) is 4.84. The highest BCUT2D eigenvalue weighted by Gasteiger charge is 2.26. The molecule has 2 rings (SSSR count). The normalized spacial score (nSPS) is 22.2. The maximum absolute atomic E-state index is 11.6. The minimum absolute atomic E-state index is 0.141. The summed E-state index contributed by atoms with van der Waals surface area (Å²) in [6, 6.07) is 5.43. The fourth-order valence-corrected chi connectivity index (χ4v) is 2.57. The molecule has 0 radical (unpaired) electrons. The van der Waals surface area contributed by atoms with Crippen molar-refractivity contribution in [2.24, 2.45) is 5.92 Å². The lowest BCUT2D eigenvalue weighted by molar-refractivity contribution is 0.210. The van der Waals surface area contributed by atoms with Gasteiger partial charge in [0.15, 0.2) is 0 Å². The molecule has 0 atom stereocenters. The zero-order chi connectivity index (χ0) is 13.1. The number of amides is 2. The number of nitrogens with one attached hydrogen (secondary N) is 2. The standard InChI is InChI=1S/C13H16Cl2N2O/c1-8-4-11(5-8)17-13(18)16-7-9-2-3-10(14)6-12(9)15/h2-3,6,8,11H,4-5,7H2,1H3,(H2,16,17,18). The van der Waals surface area contributed by atoms with Crippen LogP contribution in [0.5, 0.6) is 0 Å². The summed E-state index contributed by atoms with van der Waals surface area (Å²) in [5, 5.41) is 6.89. The van der Waals surface area contributed by atoms with E-state index in [1.165, 1.54) is 0 Å². The summed E-state index contributed by atoms with van der Waals surface area (Å²) in [6.07, 6.45) is 2.13. The third-order valence-electron chi connectivity index (χ3n) is 3.16. The molecule has 98 valence electrons. The van der Waals surface area contributed by atoms with Crippen molar-refractivity contribution in [1.29, 1.82) is 0 Å². The summed E-state index contributed by atoms with van der Waals surface area (Å²) in [5.41, 5.74) is 0.859. The SMILES string of the molecule is CC1CC(NC(=O)NCc2ccc(Cl)cc2Cl)C1. The van der Waals surface area contributed by atoms with Crippen molar-refractivity contribution in [3.05, 3.63) is 33.8 Å². The molecule has 0 unspecified atom stereocenters. The number of hydrogen-bond acceptors (Lipinski definition) is 1. The summed E-state index contributed by atoms with van der Waals surface area (Å²) in [5.74, 6) is 0.723. The molecule has 1 aromatic rings. The minimum atomic E-state index is -0.141. The van der Waals surface area contributed by atoms with Crippen LogP contribution >= 0.6 is 23.2 Å². The van der Waals surface area contributed by atoms with Gasteiger partial charge in [0.25, 0.3) is 0 Å². The molecule has 1 aliphatic rings. The Morgan fingerprint density at radius 1 is 1.39 bits per heavy atom. The maximum Gasteiger partial charge on any atom is 0.315 e. The third-order valence-corrected chi connectivity index (χ3v) is 3.75. The Labute approximate surface area is 117 Å². The van der Waals surface area contributed by atoms with Gasteiger partial charge in [-0.1, -0.05) is 36.2 Å². The molecule has 5 heteroatoms. The zero-order valence-corrected chi connectivity index (χ0v) is 11.7. The maximum atomic E-state index is 11.6. The van der Waals surface area contributed by atoms with E-state index in [4.69, 9.17) is 23.2 Å². The van der Waals surface area contributed by atoms with E-state index in [1.54, 1.807) is 12.1 Å². The molecular weight excluding hydrogens is 271 g/mol. The van der Waals surface area contributed by atoms with E-state index in [2.05, 4.69) is 17.6 Å². The average Bonchev–Trinajstić information content (AvgIpc) is 2.26. The van der Waals surface area contributed by atoms with Crippen LogP contribution in [0.4, 0.5) is 4.79 Å². The van der Waals surface area contributed by atoms with Crippen molar-refractivity contribution in [3.63, 3.8) is 0 Å². The molecule has 0 aliphatic heterocycles. The lowest BCUT2D eigenvalue weighted by Crippen LogP contribution is -2.47. The summed E-state index contributed by atoms with van der Waals surface area (Å²) >= 11 is 11.8. The second kappa shape index (κ2) is 5.81. The predicted molar refractivity (Wildman–Crippen MR) is 74.0 cm³/mol. The van der Waals surface area contributed by atoms with Gasteiger partial charge in [-0.2, -0.15) is 0 Å². The van der Waals surface area contributed by atoms with Crippen LogP contribution in [-0.2, 0) is 6.54 Å². The van der Waals surface area contributed by atoms with Gasteiger partial charge in [0, 0.05) is 22.6 Å². The summed E-state index contributed by atoms with van der Waals surface area (Å²) in [4.78, 5) is 11.6. The molecule has 2 amide bonds. The van der Waals surface area contributed by atoms with Gasteiger partial charge in [-0.25, -0.2) is 4.79 Å². The van der Waals surface area contributed by atoms with E-state index in [9.17, 15) is 4.79 Å². The number of benzene rings is 1. The summed E-state index contributed by atoms with van der Waals surface area (Å²) in [6.45, 7) is 2.59. The molecule has 1 saturated carbocycles. The summed E-state index contributed by atoms with van der Waals surface area (Å²) in [7, 11) is 0. The molecule has 0 heterocycles. The van der Waals surface area contributed by atoms with Crippen LogP contribution in [0.3, 0.4) is 0 Å². The number of urea groups is 1. The zero-order valence-electron chi connectivity index (χ0n) is 10.2. The van der Waals surface area contributed by atoms with Crippen LogP contribution in [0.25, 0.3) is 0 Å². The van der Waals surface area contributed by atoms with Crippen molar-refractivity contribution in [2.45, 2.75) is 32.4 Å². The monoisotopic (exact) mass is 286 g/mol. The molecule has 2 N–H and O–H groups in total. The van der Waals surface area contributed by atoms with Crippen LogP contribution in [0.2, 0.25) is 10.0 Å². The van der Waals surface area contributed by atoms with Crippen LogP contribution < -0.4 is 10.6 Å². The lowest BCUT2D eigenvalue weighted by Gasteiger charge is -2.33. The molecule has 3 nitrogen and oxygen atoms in total. The first-order chi connectivity index (χ1) is 8.54. The first-order valence-corrected chi connectivity index (χ1v) is 6.78. The number of rotatable bonds is 3. The summed E-state index contributed by atoms with van der Waals surface area (Å²) < 4.78 is 0. The largest absolute Gasteiger partial charge is 0.335 e. The Morgan fingerprint density at radius 3 is 2.72 bits per heavy atom. The first-order valence-electron chi connectivity index (χ1n) is 6.03. The molecule has 0 aromatic heterocycles. The first kappa shape index (κ1) is 13.5. The van der Waals surface area contributed by atoms with Crippen LogP contribution in [-0.4, -0.2) is 12.1 Å². The van der Waals surface area contributed by atoms with Crippen LogP contribution in [0, 0.1) is 5.92 Å².